The summed E-state index contributed by atoms with van der Waals surface area (Å²) in [5, 5.41) is 33.7. The largest absolute Gasteiger partial charge is 0.394 e. The Hall–Kier alpha value is -3.72. The van der Waals surface area contributed by atoms with Gasteiger partial charge in [-0.25, -0.2) is 0 Å². The lowest BCUT2D eigenvalue weighted by Crippen LogP contribution is -2.45. The lowest BCUT2D eigenvalue weighted by molar-refractivity contribution is -0.385. The molecule has 1 spiro atoms. The quantitative estimate of drug-likeness (QED) is 0.162. The molecule has 2 aromatic rings. The van der Waals surface area contributed by atoms with Crippen LogP contribution in [0.25, 0.3) is 0 Å². The highest BCUT2D eigenvalue weighted by Gasteiger charge is 2.67. The van der Waals surface area contributed by atoms with E-state index in [-0.39, 0.29) is 42.8 Å². The highest BCUT2D eigenvalue weighted by atomic mass is 28.4. The van der Waals surface area contributed by atoms with Crippen molar-refractivity contribution in [2.24, 2.45) is 5.92 Å². The van der Waals surface area contributed by atoms with Gasteiger partial charge in [0.05, 0.1) is 42.3 Å². The Morgan fingerprint density at radius 3 is 2.53 bits per heavy atom. The highest BCUT2D eigenvalue weighted by Crippen LogP contribution is 2.60. The molecule has 12 nitrogen and oxygen atoms in total. The zero-order valence-corrected chi connectivity index (χ0v) is 26.7. The first kappa shape index (κ1) is 32.7. The van der Waals surface area contributed by atoms with Crippen LogP contribution in [-0.2, 0) is 31.3 Å². The molecule has 0 aliphatic carbocycles. The van der Waals surface area contributed by atoms with Gasteiger partial charge in [0, 0.05) is 41.4 Å². The van der Waals surface area contributed by atoms with Crippen molar-refractivity contribution in [2.45, 2.75) is 82.1 Å². The third kappa shape index (κ3) is 5.87. The predicted molar refractivity (Wildman–Crippen MR) is 166 cm³/mol. The van der Waals surface area contributed by atoms with E-state index in [9.17, 15) is 34.7 Å². The molecule has 3 aliphatic heterocycles. The van der Waals surface area contributed by atoms with Crippen LogP contribution in [0.15, 0.2) is 42.5 Å². The molecule has 2 saturated heterocycles. The van der Waals surface area contributed by atoms with Crippen LogP contribution in [-0.4, -0.2) is 77.6 Å². The van der Waals surface area contributed by atoms with Crippen molar-refractivity contribution in [3.05, 3.63) is 63.7 Å². The number of halogens is 1. The molecule has 2 fully saturated rings. The monoisotopic (exact) mass is 642 g/mol. The third-order valence-electron chi connectivity index (χ3n) is 9.38. The molecule has 5 rings (SSSR count). The van der Waals surface area contributed by atoms with Gasteiger partial charge in [-0.2, -0.15) is 0 Å². The van der Waals surface area contributed by atoms with Crippen LogP contribution in [0.2, 0.25) is 18.6 Å². The number of ether oxygens (including phenoxy) is 1. The second-order valence-electron chi connectivity index (χ2n) is 12.8. The van der Waals surface area contributed by atoms with Crippen LogP contribution >= 0.6 is 0 Å². The molecular weight excluding hydrogens is 603 g/mol. The summed E-state index contributed by atoms with van der Waals surface area (Å²) in [5.74, 6) is -2.09. The molecule has 45 heavy (non-hydrogen) atoms. The molecule has 2 aromatic carbocycles. The summed E-state index contributed by atoms with van der Waals surface area (Å²) in [5.41, 5.74) is -0.977. The van der Waals surface area contributed by atoms with Gasteiger partial charge >= 0.3 is 0 Å². The molecule has 3 amide bonds. The Bertz CT molecular complexity index is 1500. The Morgan fingerprint density at radius 2 is 1.93 bits per heavy atom. The fraction of sp³-hybridized carbons (Fsp3) is 0.516. The zero-order chi connectivity index (χ0) is 32.8. The molecule has 0 unspecified atom stereocenters. The second kappa shape index (κ2) is 12.2. The van der Waals surface area contributed by atoms with Crippen molar-refractivity contribution < 1.29 is 38.4 Å². The van der Waals surface area contributed by atoms with Crippen LogP contribution < -0.4 is 10.2 Å². The van der Waals surface area contributed by atoms with Gasteiger partial charge in [-0.1, -0.05) is 19.1 Å². The summed E-state index contributed by atoms with van der Waals surface area (Å²) in [6, 6.07) is 10.5. The lowest BCUT2D eigenvalue weighted by Gasteiger charge is -2.31. The maximum Gasteiger partial charge on any atom is 0.269 e. The van der Waals surface area contributed by atoms with Gasteiger partial charge in [0.15, 0.2) is 5.60 Å². The van der Waals surface area contributed by atoms with Crippen LogP contribution in [0, 0.1) is 16.0 Å². The highest BCUT2D eigenvalue weighted by molar-refractivity contribution is 6.72. The average Bonchev–Trinajstić information content (AvgIpc) is 3.64. The van der Waals surface area contributed by atoms with Crippen molar-refractivity contribution in [2.75, 3.05) is 23.4 Å². The number of carbonyl (C=O) groups is 3. The van der Waals surface area contributed by atoms with E-state index < -0.39 is 54.4 Å². The molecule has 0 aromatic heterocycles. The summed E-state index contributed by atoms with van der Waals surface area (Å²) in [6.45, 7) is 6.46. The number of aliphatic hydroxyl groups is 2. The van der Waals surface area contributed by atoms with Crippen molar-refractivity contribution in [1.29, 1.82) is 0 Å². The van der Waals surface area contributed by atoms with Gasteiger partial charge in [0.25, 0.3) is 17.5 Å². The number of amides is 3. The molecular formula is C31H39FN4O8Si. The summed E-state index contributed by atoms with van der Waals surface area (Å²) >= 11 is 0. The number of benzene rings is 2. The van der Waals surface area contributed by atoms with Crippen LogP contribution in [0.1, 0.15) is 44.2 Å². The standard InChI is InChI=1S/C31H39FN4O8Si/c1-18-28(45(3,4)32)26(15-27(39)34-13-5-6-23(34)17-37)44-31(18)24-14-22(36(42)43)11-12-25(24)35(30(31)41)16-20-7-9-21(10-8-20)33-29(40)19(2)38/h7-12,14,18-19,23,26,28,37-38H,5-6,13,15-17H2,1-4H3,(H,33,40)/t18-,19-,23-,26+,28-,31+/m0/s1. The number of aliphatic hydroxyl groups excluding tert-OH is 2. The third-order valence-corrected chi connectivity index (χ3v) is 11.8. The fourth-order valence-electron chi connectivity index (χ4n) is 7.27. The fourth-order valence-corrected chi connectivity index (χ4v) is 9.77. The van der Waals surface area contributed by atoms with E-state index in [1.54, 1.807) is 36.1 Å². The van der Waals surface area contributed by atoms with E-state index in [4.69, 9.17) is 4.74 Å². The average molecular weight is 643 g/mol. The number of nitrogens with zero attached hydrogens (tertiary/aromatic N) is 3. The summed E-state index contributed by atoms with van der Waals surface area (Å²) < 4.78 is 22.7. The van der Waals surface area contributed by atoms with E-state index in [1.165, 1.54) is 43.1 Å². The van der Waals surface area contributed by atoms with Gasteiger partial charge in [-0.05, 0) is 56.6 Å². The Kier molecular flexibility index (Phi) is 8.88. The number of rotatable bonds is 9. The number of carbonyl (C=O) groups excluding carboxylic acids is 3. The van der Waals surface area contributed by atoms with Crippen molar-refractivity contribution >= 4 is 43.2 Å². The molecule has 3 heterocycles. The molecule has 14 heteroatoms. The van der Waals surface area contributed by atoms with Gasteiger partial charge in [-0.15, -0.1) is 0 Å². The summed E-state index contributed by atoms with van der Waals surface area (Å²) in [4.78, 5) is 54.2. The van der Waals surface area contributed by atoms with E-state index in [0.717, 1.165) is 6.42 Å². The van der Waals surface area contributed by atoms with Crippen LogP contribution in [0.5, 0.6) is 0 Å². The zero-order valence-electron chi connectivity index (χ0n) is 25.7. The van der Waals surface area contributed by atoms with E-state index in [0.29, 0.717) is 29.9 Å². The van der Waals surface area contributed by atoms with Crippen molar-refractivity contribution in [1.82, 2.24) is 4.90 Å². The molecule has 0 bridgehead atoms. The first-order chi connectivity index (χ1) is 21.2. The first-order valence-corrected chi connectivity index (χ1v) is 18.1. The summed E-state index contributed by atoms with van der Waals surface area (Å²) in [6.07, 6.45) is -0.909. The van der Waals surface area contributed by atoms with Gasteiger partial charge in [-0.3, -0.25) is 24.5 Å². The van der Waals surface area contributed by atoms with Crippen molar-refractivity contribution in [3.63, 3.8) is 0 Å². The number of fused-ring (bicyclic) bond motifs is 2. The maximum atomic E-state index is 16.1. The Morgan fingerprint density at radius 1 is 1.24 bits per heavy atom. The maximum absolute atomic E-state index is 16.1. The van der Waals surface area contributed by atoms with E-state index in [1.807, 2.05) is 0 Å². The van der Waals surface area contributed by atoms with Gasteiger partial charge in [0.1, 0.15) is 6.10 Å². The van der Waals surface area contributed by atoms with Gasteiger partial charge in [0.2, 0.25) is 14.3 Å². The first-order valence-electron chi connectivity index (χ1n) is 15.1. The molecule has 6 atom stereocenters. The van der Waals surface area contributed by atoms with Crippen molar-refractivity contribution in [3.8, 4) is 0 Å². The van der Waals surface area contributed by atoms with E-state index in [2.05, 4.69) is 5.32 Å². The predicted octanol–water partition coefficient (Wildman–Crippen LogP) is 3.61. The molecule has 3 N–H and O–H groups in total. The number of nitrogens with one attached hydrogen (secondary N) is 1. The molecule has 3 aliphatic rings. The second-order valence-corrected chi connectivity index (χ2v) is 16.5. The molecule has 0 saturated carbocycles. The number of non-ortho nitro benzene ring substituents is 1. The minimum Gasteiger partial charge on any atom is -0.394 e. The van der Waals surface area contributed by atoms with Crippen LogP contribution in [0.4, 0.5) is 21.2 Å². The van der Waals surface area contributed by atoms with Crippen LogP contribution in [0.3, 0.4) is 0 Å². The number of anilines is 2. The number of hydrogen-bond donors (Lipinski definition) is 3. The molecule has 242 valence electrons. The topological polar surface area (TPSA) is 163 Å². The summed E-state index contributed by atoms with van der Waals surface area (Å²) in [7, 11) is -3.59. The number of nitro groups is 1. The number of likely N-dealkylation sites (tertiary alicyclic amines) is 1. The Balaban J connectivity index is 1.51. The minimum absolute atomic E-state index is 0.0583. The van der Waals surface area contributed by atoms with E-state index >= 15 is 4.11 Å². The smallest absolute Gasteiger partial charge is 0.269 e. The minimum atomic E-state index is -3.59. The SMILES string of the molecule is C[C@H](O)C(=O)Nc1ccc(CN2C(=O)[C@]3(O[C@H](CC(=O)N4CCC[C@H]4CO)[C@@H]([Si](C)(C)F)[C@@H]3C)c3cc([N+](=O)[O-])ccc32)cc1. The normalized spacial score (nSPS) is 26.8. The number of nitro benzene ring substituents is 1. The molecule has 0 radical (unpaired) electrons. The van der Waals surface area contributed by atoms with Gasteiger partial charge < -0.3 is 34.2 Å². The number of hydrogen-bond acceptors (Lipinski definition) is 8. The Labute approximate surface area is 261 Å². The lowest BCUT2D eigenvalue weighted by atomic mass is 9.82.